The van der Waals surface area contributed by atoms with Gasteiger partial charge in [0.1, 0.15) is 23.4 Å². The number of carbonyl (C=O) groups excluding carboxylic acids is 1. The van der Waals surface area contributed by atoms with Gasteiger partial charge in [-0.2, -0.15) is 0 Å². The van der Waals surface area contributed by atoms with Crippen molar-refractivity contribution in [2.75, 3.05) is 12.9 Å². The van der Waals surface area contributed by atoms with Crippen molar-refractivity contribution in [1.82, 2.24) is 14.9 Å². The van der Waals surface area contributed by atoms with E-state index in [9.17, 15) is 34.4 Å². The van der Waals surface area contributed by atoms with Crippen LogP contribution in [0, 0.1) is 5.82 Å². The quantitative estimate of drug-likeness (QED) is 0.143. The smallest absolute Gasteiger partial charge is 0.305 e. The summed E-state index contributed by atoms with van der Waals surface area (Å²) in [7, 11) is 0. The van der Waals surface area contributed by atoms with Crippen LogP contribution in [0.2, 0.25) is 0 Å². The number of halogens is 1. The molecule has 2 aromatic carbocycles. The van der Waals surface area contributed by atoms with Gasteiger partial charge in [0.25, 0.3) is 5.91 Å². The number of carboxylic acids is 1. The Morgan fingerprint density at radius 3 is 2.21 bits per heavy atom. The first kappa shape index (κ1) is 33.2. The van der Waals surface area contributed by atoms with Crippen LogP contribution in [0.25, 0.3) is 11.4 Å². The number of nitrogens with one attached hydrogen (secondary N) is 1. The Morgan fingerprint density at radius 1 is 1.02 bits per heavy atom. The standard InChI is InChI=1S/C30H38FN3O7S/c1-17(2)27-26(30(41)32-24(16-35)28(40)18-6-10-23(42-3)11-7-18)33-29(19-4-8-20(31)9-5-19)34(27)13-12-21(36)14-22(37)15-25(38)39/h4-11,17,21-22,24,28,35-37,40H,12-16H2,1-3H3,(H,32,41)(H,38,39)/t21-,22-,24+,28+/m1/s1. The number of aliphatic hydroxyl groups is 4. The molecular formula is C30H38FN3O7S. The average Bonchev–Trinajstić information content (AvgIpc) is 3.34. The van der Waals surface area contributed by atoms with Crippen LogP contribution in [0.5, 0.6) is 0 Å². The van der Waals surface area contributed by atoms with Crippen LogP contribution in [0.4, 0.5) is 4.39 Å². The number of amides is 1. The van der Waals surface area contributed by atoms with Crippen LogP contribution in [0.1, 0.15) is 66.9 Å². The summed E-state index contributed by atoms with van der Waals surface area (Å²) in [4.78, 5) is 30.1. The number of benzene rings is 2. The molecule has 3 aromatic rings. The van der Waals surface area contributed by atoms with E-state index in [1.54, 1.807) is 28.5 Å². The Kier molecular flexibility index (Phi) is 12.1. The predicted octanol–water partition coefficient (Wildman–Crippen LogP) is 3.34. The van der Waals surface area contributed by atoms with Gasteiger partial charge in [-0.3, -0.25) is 9.59 Å². The molecule has 0 saturated carbocycles. The molecule has 0 bridgehead atoms. The molecule has 0 fully saturated rings. The van der Waals surface area contributed by atoms with Gasteiger partial charge >= 0.3 is 5.97 Å². The minimum absolute atomic E-state index is 0.0492. The first-order valence-electron chi connectivity index (χ1n) is 13.6. The van der Waals surface area contributed by atoms with Gasteiger partial charge in [0.15, 0.2) is 0 Å². The third-order valence-electron chi connectivity index (χ3n) is 6.86. The van der Waals surface area contributed by atoms with E-state index in [2.05, 4.69) is 10.3 Å². The van der Waals surface area contributed by atoms with E-state index >= 15 is 0 Å². The molecule has 12 heteroatoms. The minimum Gasteiger partial charge on any atom is -0.481 e. The number of imidazole rings is 1. The van der Waals surface area contributed by atoms with Crippen molar-refractivity contribution in [1.29, 1.82) is 0 Å². The summed E-state index contributed by atoms with van der Waals surface area (Å²) >= 11 is 1.54. The Balaban J connectivity index is 1.94. The van der Waals surface area contributed by atoms with Gasteiger partial charge in [-0.15, -0.1) is 11.8 Å². The first-order valence-corrected chi connectivity index (χ1v) is 14.9. The molecule has 6 N–H and O–H groups in total. The van der Waals surface area contributed by atoms with E-state index in [1.165, 1.54) is 24.3 Å². The van der Waals surface area contributed by atoms with Gasteiger partial charge < -0.3 is 35.4 Å². The van der Waals surface area contributed by atoms with E-state index in [0.717, 1.165) is 4.90 Å². The highest BCUT2D eigenvalue weighted by Gasteiger charge is 2.29. The maximum Gasteiger partial charge on any atom is 0.305 e. The van der Waals surface area contributed by atoms with Gasteiger partial charge in [-0.1, -0.05) is 26.0 Å². The van der Waals surface area contributed by atoms with E-state index in [4.69, 9.17) is 5.11 Å². The summed E-state index contributed by atoms with van der Waals surface area (Å²) < 4.78 is 15.5. The van der Waals surface area contributed by atoms with Crippen molar-refractivity contribution in [3.05, 3.63) is 71.3 Å². The highest BCUT2D eigenvalue weighted by atomic mass is 32.2. The Morgan fingerprint density at radius 2 is 1.67 bits per heavy atom. The number of rotatable bonds is 15. The monoisotopic (exact) mass is 603 g/mol. The molecule has 0 unspecified atom stereocenters. The van der Waals surface area contributed by atoms with Crippen molar-refractivity contribution < 1.29 is 39.5 Å². The third-order valence-corrected chi connectivity index (χ3v) is 7.61. The topological polar surface area (TPSA) is 165 Å². The zero-order chi connectivity index (χ0) is 31.0. The van der Waals surface area contributed by atoms with Crippen LogP contribution >= 0.6 is 11.8 Å². The molecule has 0 aliphatic rings. The Labute approximate surface area is 248 Å². The average molecular weight is 604 g/mol. The molecule has 42 heavy (non-hydrogen) atoms. The van der Waals surface area contributed by atoms with Crippen molar-refractivity contribution in [2.45, 2.75) is 74.8 Å². The number of hydrogen-bond acceptors (Lipinski definition) is 8. The largest absolute Gasteiger partial charge is 0.481 e. The summed E-state index contributed by atoms with van der Waals surface area (Å²) in [5.41, 5.74) is 1.60. The van der Waals surface area contributed by atoms with Gasteiger partial charge in [0.05, 0.1) is 37.0 Å². The summed E-state index contributed by atoms with van der Waals surface area (Å²) in [6, 6.07) is 11.7. The third kappa shape index (κ3) is 8.62. The minimum atomic E-state index is -1.22. The van der Waals surface area contributed by atoms with E-state index in [-0.39, 0.29) is 31.0 Å². The number of aliphatic carboxylic acids is 1. The number of carboxylic acid groups (broad SMARTS) is 1. The molecule has 1 heterocycles. The SMILES string of the molecule is CSc1ccc([C@H](O)[C@H](CO)NC(=O)c2nc(-c3ccc(F)cc3)n(CC[C@@H](O)C[C@@H](O)CC(=O)O)c2C(C)C)cc1. The van der Waals surface area contributed by atoms with Gasteiger partial charge in [0, 0.05) is 17.0 Å². The fraction of sp³-hybridized carbons (Fsp3) is 0.433. The van der Waals surface area contributed by atoms with Crippen LogP contribution < -0.4 is 5.32 Å². The molecular weight excluding hydrogens is 565 g/mol. The molecule has 0 aliphatic carbocycles. The lowest BCUT2D eigenvalue weighted by Gasteiger charge is -2.23. The molecule has 3 rings (SSSR count). The van der Waals surface area contributed by atoms with Crippen molar-refractivity contribution in [2.24, 2.45) is 0 Å². The Hall–Kier alpha value is -3.29. The molecule has 0 aliphatic heterocycles. The number of carbonyl (C=O) groups is 2. The lowest BCUT2D eigenvalue weighted by Crippen LogP contribution is -2.42. The fourth-order valence-corrected chi connectivity index (χ4v) is 5.16. The molecule has 1 aromatic heterocycles. The number of aliphatic hydroxyl groups excluding tert-OH is 4. The summed E-state index contributed by atoms with van der Waals surface area (Å²) in [6.07, 6.45) is -2.05. The maximum absolute atomic E-state index is 13.7. The number of hydrogen-bond donors (Lipinski definition) is 6. The van der Waals surface area contributed by atoms with E-state index in [0.29, 0.717) is 22.6 Å². The molecule has 0 spiro atoms. The summed E-state index contributed by atoms with van der Waals surface area (Å²) in [5, 5.41) is 53.0. The lowest BCUT2D eigenvalue weighted by molar-refractivity contribution is -0.139. The normalized spacial score (nSPS) is 14.4. The highest BCUT2D eigenvalue weighted by molar-refractivity contribution is 7.98. The highest BCUT2D eigenvalue weighted by Crippen LogP contribution is 2.30. The number of nitrogens with zero attached hydrogens (tertiary/aromatic N) is 2. The predicted molar refractivity (Wildman–Crippen MR) is 157 cm³/mol. The number of aromatic nitrogens is 2. The second-order valence-corrected chi connectivity index (χ2v) is 11.3. The number of thioether (sulfide) groups is 1. The van der Waals surface area contributed by atoms with E-state index in [1.807, 2.05) is 32.2 Å². The van der Waals surface area contributed by atoms with Crippen LogP contribution in [0.15, 0.2) is 53.4 Å². The zero-order valence-corrected chi connectivity index (χ0v) is 24.6. The second-order valence-electron chi connectivity index (χ2n) is 10.4. The van der Waals surface area contributed by atoms with Crippen LogP contribution in [0.3, 0.4) is 0 Å². The van der Waals surface area contributed by atoms with Gasteiger partial charge in [-0.05, 0) is 67.0 Å². The summed E-state index contributed by atoms with van der Waals surface area (Å²) in [5.74, 6) is -2.15. The van der Waals surface area contributed by atoms with Crippen LogP contribution in [-0.4, -0.2) is 78.1 Å². The molecule has 10 nitrogen and oxygen atoms in total. The fourth-order valence-electron chi connectivity index (χ4n) is 4.75. The second kappa shape index (κ2) is 15.3. The summed E-state index contributed by atoms with van der Waals surface area (Å²) in [6.45, 7) is 3.34. The molecule has 4 atom stereocenters. The zero-order valence-electron chi connectivity index (χ0n) is 23.8. The molecule has 0 radical (unpaired) electrons. The van der Waals surface area contributed by atoms with Crippen LogP contribution in [-0.2, 0) is 11.3 Å². The molecule has 0 saturated heterocycles. The van der Waals surface area contributed by atoms with Crippen molar-refractivity contribution in [3.8, 4) is 11.4 Å². The lowest BCUT2D eigenvalue weighted by atomic mass is 10.0. The maximum atomic E-state index is 13.7. The molecule has 1 amide bonds. The first-order chi connectivity index (χ1) is 19.9. The van der Waals surface area contributed by atoms with E-state index < -0.39 is 55.1 Å². The van der Waals surface area contributed by atoms with Crippen molar-refractivity contribution in [3.63, 3.8) is 0 Å². The molecule has 228 valence electrons. The Bertz CT molecular complexity index is 1330. The van der Waals surface area contributed by atoms with Crippen molar-refractivity contribution >= 4 is 23.6 Å². The van der Waals surface area contributed by atoms with Gasteiger partial charge in [0.2, 0.25) is 0 Å². The van der Waals surface area contributed by atoms with Gasteiger partial charge in [-0.25, -0.2) is 9.37 Å².